The van der Waals surface area contributed by atoms with Gasteiger partial charge < -0.3 is 5.32 Å². The monoisotopic (exact) mass is 205 g/mol. The summed E-state index contributed by atoms with van der Waals surface area (Å²) in [4.78, 5) is 1.09. The summed E-state index contributed by atoms with van der Waals surface area (Å²) in [5.74, 6) is 0. The third-order valence-electron chi connectivity index (χ3n) is 1.86. The zero-order valence-corrected chi connectivity index (χ0v) is 8.44. The van der Waals surface area contributed by atoms with Crippen LogP contribution in [0.15, 0.2) is 17.5 Å². The molecule has 1 unspecified atom stereocenters. The Morgan fingerprint density at radius 1 is 1.38 bits per heavy atom. The highest BCUT2D eigenvalue weighted by Gasteiger charge is 2.17. The molecule has 0 aliphatic rings. The molecule has 0 fully saturated rings. The van der Waals surface area contributed by atoms with E-state index >= 15 is 0 Å². The van der Waals surface area contributed by atoms with Crippen LogP contribution in [0.25, 0.3) is 0 Å². The average molecular weight is 205 g/mol. The van der Waals surface area contributed by atoms with E-state index < -0.39 is 12.5 Å². The van der Waals surface area contributed by atoms with Crippen molar-refractivity contribution in [1.29, 1.82) is 0 Å². The topological polar surface area (TPSA) is 12.0 Å². The maximum absolute atomic E-state index is 12.2. The molecule has 13 heavy (non-hydrogen) atoms. The quantitative estimate of drug-likeness (QED) is 0.796. The van der Waals surface area contributed by atoms with Gasteiger partial charge in [0.2, 0.25) is 0 Å². The number of rotatable bonds is 4. The molecule has 1 heterocycles. The lowest BCUT2D eigenvalue weighted by atomic mass is 10.2. The van der Waals surface area contributed by atoms with Crippen LogP contribution < -0.4 is 5.32 Å². The van der Waals surface area contributed by atoms with Crippen molar-refractivity contribution in [2.45, 2.75) is 32.4 Å². The SMILES string of the molecule is CC(N[C@H](C)c1cccs1)C(F)F. The molecule has 0 aliphatic heterocycles. The van der Waals surface area contributed by atoms with E-state index in [0.29, 0.717) is 0 Å². The van der Waals surface area contributed by atoms with Crippen LogP contribution >= 0.6 is 11.3 Å². The van der Waals surface area contributed by atoms with Crippen LogP contribution in [0.2, 0.25) is 0 Å². The minimum atomic E-state index is -2.30. The maximum atomic E-state index is 12.2. The lowest BCUT2D eigenvalue weighted by Gasteiger charge is -2.17. The van der Waals surface area contributed by atoms with E-state index in [1.807, 2.05) is 24.4 Å². The van der Waals surface area contributed by atoms with Gasteiger partial charge in [-0.3, -0.25) is 0 Å². The molecule has 1 rings (SSSR count). The van der Waals surface area contributed by atoms with Crippen LogP contribution in [0.3, 0.4) is 0 Å². The summed E-state index contributed by atoms with van der Waals surface area (Å²) in [6, 6.07) is 3.12. The summed E-state index contributed by atoms with van der Waals surface area (Å²) >= 11 is 1.58. The van der Waals surface area contributed by atoms with Crippen LogP contribution in [0.5, 0.6) is 0 Å². The molecule has 1 aromatic rings. The molecular formula is C9H13F2NS. The van der Waals surface area contributed by atoms with Gasteiger partial charge >= 0.3 is 0 Å². The van der Waals surface area contributed by atoms with E-state index in [0.717, 1.165) is 4.88 Å². The van der Waals surface area contributed by atoms with Crippen LogP contribution in [-0.2, 0) is 0 Å². The molecule has 0 bridgehead atoms. The Balaban J connectivity index is 2.46. The molecule has 0 aliphatic carbocycles. The minimum absolute atomic E-state index is 0.00370. The number of nitrogens with one attached hydrogen (secondary N) is 1. The lowest BCUT2D eigenvalue weighted by Crippen LogP contribution is -2.34. The van der Waals surface area contributed by atoms with Crippen molar-refractivity contribution >= 4 is 11.3 Å². The van der Waals surface area contributed by atoms with Gasteiger partial charge in [0.1, 0.15) is 0 Å². The fourth-order valence-corrected chi connectivity index (χ4v) is 1.83. The third kappa shape index (κ3) is 3.04. The summed E-state index contributed by atoms with van der Waals surface area (Å²) in [6.07, 6.45) is -2.30. The summed E-state index contributed by atoms with van der Waals surface area (Å²) in [5.41, 5.74) is 0. The van der Waals surface area contributed by atoms with E-state index in [-0.39, 0.29) is 6.04 Å². The van der Waals surface area contributed by atoms with Gasteiger partial charge in [-0.2, -0.15) is 0 Å². The van der Waals surface area contributed by atoms with Crippen LogP contribution in [0.1, 0.15) is 24.8 Å². The maximum Gasteiger partial charge on any atom is 0.253 e. The predicted octanol–water partition coefficient (Wildman–Crippen LogP) is 3.05. The molecule has 1 aromatic heterocycles. The van der Waals surface area contributed by atoms with Gasteiger partial charge in [0, 0.05) is 10.9 Å². The first kappa shape index (κ1) is 10.6. The second kappa shape index (κ2) is 4.67. The van der Waals surface area contributed by atoms with Crippen LogP contribution in [0.4, 0.5) is 8.78 Å². The molecule has 0 saturated carbocycles. The number of alkyl halides is 2. The Hall–Kier alpha value is -0.480. The van der Waals surface area contributed by atoms with Crippen molar-refractivity contribution in [3.05, 3.63) is 22.4 Å². The lowest BCUT2D eigenvalue weighted by molar-refractivity contribution is 0.101. The zero-order chi connectivity index (χ0) is 9.84. The molecular weight excluding hydrogens is 192 g/mol. The second-order valence-electron chi connectivity index (χ2n) is 3.03. The van der Waals surface area contributed by atoms with Gasteiger partial charge in [0.15, 0.2) is 0 Å². The molecule has 0 spiro atoms. The van der Waals surface area contributed by atoms with Gasteiger partial charge in [-0.25, -0.2) is 8.78 Å². The molecule has 1 nitrogen and oxygen atoms in total. The molecule has 0 aromatic carbocycles. The smallest absolute Gasteiger partial charge is 0.253 e. The Bertz CT molecular complexity index is 236. The molecule has 0 radical (unpaired) electrons. The van der Waals surface area contributed by atoms with E-state index in [1.165, 1.54) is 6.92 Å². The fourth-order valence-electron chi connectivity index (χ4n) is 1.09. The number of thiophene rings is 1. The third-order valence-corrected chi connectivity index (χ3v) is 2.92. The Labute approximate surface area is 80.8 Å². The molecule has 2 atom stereocenters. The highest BCUT2D eigenvalue weighted by atomic mass is 32.1. The average Bonchev–Trinajstić information content (AvgIpc) is 2.55. The van der Waals surface area contributed by atoms with Crippen molar-refractivity contribution in [2.75, 3.05) is 0 Å². The Morgan fingerprint density at radius 3 is 2.54 bits per heavy atom. The van der Waals surface area contributed by atoms with Crippen LogP contribution in [0, 0.1) is 0 Å². The number of halogens is 2. The molecule has 4 heteroatoms. The first-order valence-electron chi connectivity index (χ1n) is 4.19. The summed E-state index contributed by atoms with van der Waals surface area (Å²) in [5, 5.41) is 4.79. The van der Waals surface area contributed by atoms with Gasteiger partial charge in [-0.15, -0.1) is 11.3 Å². The van der Waals surface area contributed by atoms with Crippen molar-refractivity contribution in [3.63, 3.8) is 0 Å². The Kier molecular flexibility index (Phi) is 3.81. The molecule has 0 amide bonds. The van der Waals surface area contributed by atoms with Gasteiger partial charge in [-0.1, -0.05) is 6.07 Å². The summed E-state index contributed by atoms with van der Waals surface area (Å²) < 4.78 is 24.3. The van der Waals surface area contributed by atoms with Crippen LogP contribution in [-0.4, -0.2) is 12.5 Å². The molecule has 74 valence electrons. The van der Waals surface area contributed by atoms with E-state index in [1.54, 1.807) is 11.3 Å². The fraction of sp³-hybridized carbons (Fsp3) is 0.556. The van der Waals surface area contributed by atoms with E-state index in [2.05, 4.69) is 5.32 Å². The van der Waals surface area contributed by atoms with Crippen molar-refractivity contribution in [2.24, 2.45) is 0 Å². The normalized spacial score (nSPS) is 16.1. The molecule has 0 saturated heterocycles. The molecule has 1 N–H and O–H groups in total. The highest BCUT2D eigenvalue weighted by molar-refractivity contribution is 7.10. The van der Waals surface area contributed by atoms with Crippen molar-refractivity contribution < 1.29 is 8.78 Å². The second-order valence-corrected chi connectivity index (χ2v) is 4.01. The first-order chi connectivity index (χ1) is 6.11. The number of hydrogen-bond donors (Lipinski definition) is 1. The standard InChI is InChI=1S/C9H13F2NS/c1-6(8-4-3-5-13-8)12-7(2)9(10)11/h3-7,9,12H,1-2H3/t6-,7?/m1/s1. The Morgan fingerprint density at radius 2 is 2.08 bits per heavy atom. The summed E-state index contributed by atoms with van der Waals surface area (Å²) in [7, 11) is 0. The van der Waals surface area contributed by atoms with E-state index in [4.69, 9.17) is 0 Å². The van der Waals surface area contributed by atoms with Gasteiger partial charge in [0.25, 0.3) is 6.43 Å². The number of hydrogen-bond acceptors (Lipinski definition) is 2. The largest absolute Gasteiger partial charge is 0.302 e. The van der Waals surface area contributed by atoms with E-state index in [9.17, 15) is 8.78 Å². The van der Waals surface area contributed by atoms with Gasteiger partial charge in [0.05, 0.1) is 6.04 Å². The highest BCUT2D eigenvalue weighted by Crippen LogP contribution is 2.19. The minimum Gasteiger partial charge on any atom is -0.302 e. The first-order valence-corrected chi connectivity index (χ1v) is 5.07. The summed E-state index contributed by atoms with van der Waals surface area (Å²) in [6.45, 7) is 3.39. The predicted molar refractivity (Wildman–Crippen MR) is 51.3 cm³/mol. The zero-order valence-electron chi connectivity index (χ0n) is 7.63. The van der Waals surface area contributed by atoms with Crippen molar-refractivity contribution in [3.8, 4) is 0 Å². The van der Waals surface area contributed by atoms with Crippen molar-refractivity contribution in [1.82, 2.24) is 5.32 Å². The van der Waals surface area contributed by atoms with Gasteiger partial charge in [-0.05, 0) is 25.3 Å².